The van der Waals surface area contributed by atoms with E-state index >= 15 is 0 Å². The SMILES string of the molecule is CC(Nc1cc(Cl)ccc1Br)C(=O)O. The molecular weight excluding hydrogens is 269 g/mol. The fraction of sp³-hybridized carbons (Fsp3) is 0.222. The van der Waals surface area contributed by atoms with E-state index in [2.05, 4.69) is 21.2 Å². The van der Waals surface area contributed by atoms with Gasteiger partial charge in [-0.3, -0.25) is 4.79 Å². The molecule has 0 saturated carbocycles. The smallest absolute Gasteiger partial charge is 0.325 e. The minimum Gasteiger partial charge on any atom is -0.480 e. The first-order chi connectivity index (χ1) is 6.50. The fourth-order valence-corrected chi connectivity index (χ4v) is 1.44. The van der Waals surface area contributed by atoms with Gasteiger partial charge < -0.3 is 10.4 Å². The molecule has 0 fully saturated rings. The lowest BCUT2D eigenvalue weighted by Crippen LogP contribution is -2.25. The molecule has 14 heavy (non-hydrogen) atoms. The summed E-state index contributed by atoms with van der Waals surface area (Å²) < 4.78 is 0.787. The van der Waals surface area contributed by atoms with Gasteiger partial charge in [0.05, 0.1) is 5.69 Å². The van der Waals surface area contributed by atoms with E-state index in [1.165, 1.54) is 0 Å². The highest BCUT2D eigenvalue weighted by molar-refractivity contribution is 9.10. The van der Waals surface area contributed by atoms with E-state index in [1.54, 1.807) is 25.1 Å². The second-order valence-electron chi connectivity index (χ2n) is 2.83. The number of benzene rings is 1. The number of hydrogen-bond donors (Lipinski definition) is 2. The summed E-state index contributed by atoms with van der Waals surface area (Å²) in [7, 11) is 0. The summed E-state index contributed by atoms with van der Waals surface area (Å²) in [4.78, 5) is 10.6. The third kappa shape index (κ3) is 2.89. The van der Waals surface area contributed by atoms with Crippen molar-refractivity contribution in [3.63, 3.8) is 0 Å². The molecule has 0 heterocycles. The van der Waals surface area contributed by atoms with Crippen LogP contribution in [0.4, 0.5) is 5.69 Å². The molecule has 0 aliphatic rings. The summed E-state index contributed by atoms with van der Waals surface area (Å²) in [5.74, 6) is -0.906. The van der Waals surface area contributed by atoms with E-state index < -0.39 is 12.0 Å². The third-order valence-corrected chi connectivity index (χ3v) is 2.60. The molecule has 0 saturated heterocycles. The molecule has 1 rings (SSSR count). The van der Waals surface area contributed by atoms with Crippen molar-refractivity contribution < 1.29 is 9.90 Å². The fourth-order valence-electron chi connectivity index (χ4n) is 0.903. The summed E-state index contributed by atoms with van der Waals surface area (Å²) in [6.07, 6.45) is 0. The largest absolute Gasteiger partial charge is 0.480 e. The lowest BCUT2D eigenvalue weighted by Gasteiger charge is -2.12. The van der Waals surface area contributed by atoms with Gasteiger partial charge in [0.25, 0.3) is 0 Å². The number of anilines is 1. The van der Waals surface area contributed by atoms with Crippen LogP contribution in [0.15, 0.2) is 22.7 Å². The van der Waals surface area contributed by atoms with Crippen molar-refractivity contribution in [1.29, 1.82) is 0 Å². The lowest BCUT2D eigenvalue weighted by molar-refractivity contribution is -0.137. The lowest BCUT2D eigenvalue weighted by atomic mass is 10.2. The Hall–Kier alpha value is -0.740. The summed E-state index contributed by atoms with van der Waals surface area (Å²) >= 11 is 9.07. The second-order valence-corrected chi connectivity index (χ2v) is 4.12. The van der Waals surface area contributed by atoms with Crippen LogP contribution in [0.5, 0.6) is 0 Å². The minimum atomic E-state index is -0.906. The molecule has 0 aliphatic heterocycles. The second kappa shape index (κ2) is 4.66. The number of carboxylic acid groups (broad SMARTS) is 1. The summed E-state index contributed by atoms with van der Waals surface area (Å²) in [5, 5.41) is 12.1. The van der Waals surface area contributed by atoms with Gasteiger partial charge >= 0.3 is 5.97 Å². The van der Waals surface area contributed by atoms with Crippen LogP contribution in [-0.4, -0.2) is 17.1 Å². The summed E-state index contributed by atoms with van der Waals surface area (Å²) in [6, 6.07) is 4.51. The first-order valence-electron chi connectivity index (χ1n) is 3.95. The zero-order valence-corrected chi connectivity index (χ0v) is 9.76. The average molecular weight is 279 g/mol. The Labute approximate surface area is 95.2 Å². The van der Waals surface area contributed by atoms with E-state index in [4.69, 9.17) is 16.7 Å². The van der Waals surface area contributed by atoms with E-state index in [0.717, 1.165) is 4.47 Å². The van der Waals surface area contributed by atoms with Crippen molar-refractivity contribution in [1.82, 2.24) is 0 Å². The molecule has 1 aromatic carbocycles. The number of aliphatic carboxylic acids is 1. The van der Waals surface area contributed by atoms with Crippen LogP contribution < -0.4 is 5.32 Å². The Morgan fingerprint density at radius 1 is 1.64 bits per heavy atom. The quantitative estimate of drug-likeness (QED) is 0.893. The van der Waals surface area contributed by atoms with Crippen molar-refractivity contribution >= 4 is 39.2 Å². The molecule has 0 bridgehead atoms. The predicted molar refractivity (Wildman–Crippen MR) is 59.9 cm³/mol. The average Bonchev–Trinajstić information content (AvgIpc) is 2.11. The summed E-state index contributed by atoms with van der Waals surface area (Å²) in [5.41, 5.74) is 0.674. The molecule has 0 spiro atoms. The van der Waals surface area contributed by atoms with E-state index in [-0.39, 0.29) is 0 Å². The Bertz CT molecular complexity index is 357. The maximum atomic E-state index is 10.6. The molecule has 0 aliphatic carbocycles. The van der Waals surface area contributed by atoms with Gasteiger partial charge in [0.15, 0.2) is 0 Å². The van der Waals surface area contributed by atoms with Crippen LogP contribution in [0.2, 0.25) is 5.02 Å². The van der Waals surface area contributed by atoms with Gasteiger partial charge in [-0.2, -0.15) is 0 Å². The van der Waals surface area contributed by atoms with Crippen molar-refractivity contribution in [2.24, 2.45) is 0 Å². The number of hydrogen-bond acceptors (Lipinski definition) is 2. The third-order valence-electron chi connectivity index (χ3n) is 1.67. The highest BCUT2D eigenvalue weighted by Gasteiger charge is 2.11. The van der Waals surface area contributed by atoms with Crippen molar-refractivity contribution in [2.75, 3.05) is 5.32 Å². The van der Waals surface area contributed by atoms with Crippen LogP contribution in [0.3, 0.4) is 0 Å². The van der Waals surface area contributed by atoms with Crippen molar-refractivity contribution in [3.8, 4) is 0 Å². The van der Waals surface area contributed by atoms with Crippen LogP contribution in [0.25, 0.3) is 0 Å². The topological polar surface area (TPSA) is 49.3 Å². The highest BCUT2D eigenvalue weighted by Crippen LogP contribution is 2.26. The van der Waals surface area contributed by atoms with E-state index in [1.807, 2.05) is 0 Å². The Kier molecular flexibility index (Phi) is 3.77. The normalized spacial score (nSPS) is 12.2. The van der Waals surface area contributed by atoms with Crippen molar-refractivity contribution in [2.45, 2.75) is 13.0 Å². The molecule has 1 unspecified atom stereocenters. The van der Waals surface area contributed by atoms with Crippen LogP contribution in [0, 0.1) is 0 Å². The van der Waals surface area contributed by atoms with Crippen molar-refractivity contribution in [3.05, 3.63) is 27.7 Å². The number of carbonyl (C=O) groups is 1. The zero-order chi connectivity index (χ0) is 10.7. The maximum Gasteiger partial charge on any atom is 0.325 e. The predicted octanol–water partition coefficient (Wildman–Crippen LogP) is 2.99. The molecule has 0 aromatic heterocycles. The monoisotopic (exact) mass is 277 g/mol. The van der Waals surface area contributed by atoms with Gasteiger partial charge in [0.2, 0.25) is 0 Å². The first kappa shape index (κ1) is 11.3. The van der Waals surface area contributed by atoms with E-state index in [9.17, 15) is 4.79 Å². The zero-order valence-electron chi connectivity index (χ0n) is 7.42. The Morgan fingerprint density at radius 2 is 2.29 bits per heavy atom. The minimum absolute atomic E-state index is 0.563. The molecule has 0 radical (unpaired) electrons. The maximum absolute atomic E-state index is 10.6. The van der Waals surface area contributed by atoms with Gasteiger partial charge in [-0.15, -0.1) is 0 Å². The number of carboxylic acids is 1. The molecule has 76 valence electrons. The van der Waals surface area contributed by atoms with Crippen LogP contribution in [-0.2, 0) is 4.79 Å². The number of halogens is 2. The number of rotatable bonds is 3. The first-order valence-corrected chi connectivity index (χ1v) is 5.12. The van der Waals surface area contributed by atoms with Crippen LogP contribution in [0.1, 0.15) is 6.92 Å². The molecule has 3 nitrogen and oxygen atoms in total. The standard InChI is InChI=1S/C9H9BrClNO2/c1-5(9(13)14)12-8-4-6(11)2-3-7(8)10/h2-5,12H,1H3,(H,13,14). The number of nitrogens with one attached hydrogen (secondary N) is 1. The van der Waals surface area contributed by atoms with Gasteiger partial charge in [0.1, 0.15) is 6.04 Å². The van der Waals surface area contributed by atoms with Crippen LogP contribution >= 0.6 is 27.5 Å². The molecule has 1 atom stereocenters. The van der Waals surface area contributed by atoms with Gasteiger partial charge in [-0.1, -0.05) is 11.6 Å². The van der Waals surface area contributed by atoms with E-state index in [0.29, 0.717) is 10.7 Å². The van der Waals surface area contributed by atoms with Gasteiger partial charge in [-0.25, -0.2) is 0 Å². The molecular formula is C9H9BrClNO2. The highest BCUT2D eigenvalue weighted by atomic mass is 79.9. The summed E-state index contributed by atoms with van der Waals surface area (Å²) in [6.45, 7) is 1.57. The molecule has 0 amide bonds. The Morgan fingerprint density at radius 3 is 2.86 bits per heavy atom. The molecule has 5 heteroatoms. The Balaban J connectivity index is 2.85. The molecule has 1 aromatic rings. The molecule has 2 N–H and O–H groups in total. The van der Waals surface area contributed by atoms with Gasteiger partial charge in [-0.05, 0) is 41.1 Å². The van der Waals surface area contributed by atoms with Gasteiger partial charge in [0, 0.05) is 9.50 Å².